The molecule has 1 N–H and O–H groups in total. The summed E-state index contributed by atoms with van der Waals surface area (Å²) in [6, 6.07) is 17.2. The molecule has 0 fully saturated rings. The van der Waals surface area contributed by atoms with Gasteiger partial charge in [0.15, 0.2) is 0 Å². The fraction of sp³-hybridized carbons (Fsp3) is 0.208. The van der Waals surface area contributed by atoms with Crippen LogP contribution in [0.2, 0.25) is 10.0 Å². The van der Waals surface area contributed by atoms with Gasteiger partial charge in [0, 0.05) is 31.4 Å². The molecule has 0 heterocycles. The van der Waals surface area contributed by atoms with Gasteiger partial charge in [0.25, 0.3) is 0 Å². The SMILES string of the molecule is Cc1ccc(S(=O)(=O)N(C)C)cc1NC(=O)CN(Cc1ccccc1)S(=O)(=O)c1cc(Cl)ccc1Cl. The van der Waals surface area contributed by atoms with Gasteiger partial charge in [0.2, 0.25) is 26.0 Å². The van der Waals surface area contributed by atoms with Gasteiger partial charge in [-0.25, -0.2) is 21.1 Å². The number of halogens is 2. The van der Waals surface area contributed by atoms with Crippen LogP contribution in [0.15, 0.2) is 76.5 Å². The van der Waals surface area contributed by atoms with Crippen molar-refractivity contribution in [3.63, 3.8) is 0 Å². The summed E-state index contributed by atoms with van der Waals surface area (Å²) >= 11 is 12.2. The van der Waals surface area contributed by atoms with Gasteiger partial charge in [0.1, 0.15) is 4.90 Å². The van der Waals surface area contributed by atoms with Crippen molar-refractivity contribution in [2.75, 3.05) is 26.0 Å². The van der Waals surface area contributed by atoms with Crippen LogP contribution in [0.5, 0.6) is 0 Å². The highest BCUT2D eigenvalue weighted by Crippen LogP contribution is 2.29. The maximum absolute atomic E-state index is 13.5. The second-order valence-electron chi connectivity index (χ2n) is 8.15. The number of aryl methyl sites for hydroxylation is 1. The van der Waals surface area contributed by atoms with E-state index in [0.29, 0.717) is 11.1 Å². The number of rotatable bonds is 9. The standard InChI is InChI=1S/C24H25Cl2N3O5S2/c1-17-9-11-20(35(31,32)28(2)3)14-22(17)27-24(30)16-29(15-18-7-5-4-6-8-18)36(33,34)23-13-19(25)10-12-21(23)26/h4-14H,15-16H2,1-3H3,(H,27,30). The van der Waals surface area contributed by atoms with Crippen LogP contribution in [0.4, 0.5) is 5.69 Å². The van der Waals surface area contributed by atoms with Crippen molar-refractivity contribution in [2.24, 2.45) is 0 Å². The lowest BCUT2D eigenvalue weighted by atomic mass is 10.2. The van der Waals surface area contributed by atoms with E-state index in [1.54, 1.807) is 43.3 Å². The van der Waals surface area contributed by atoms with Crippen LogP contribution in [0.3, 0.4) is 0 Å². The van der Waals surface area contributed by atoms with Crippen LogP contribution in [0.25, 0.3) is 0 Å². The van der Waals surface area contributed by atoms with Crippen LogP contribution in [0.1, 0.15) is 11.1 Å². The van der Waals surface area contributed by atoms with Crippen LogP contribution < -0.4 is 5.32 Å². The lowest BCUT2D eigenvalue weighted by Crippen LogP contribution is -2.37. The average molecular weight is 571 g/mol. The number of carbonyl (C=O) groups is 1. The number of benzene rings is 3. The number of amides is 1. The van der Waals surface area contributed by atoms with Gasteiger partial charge in [-0.1, -0.05) is 59.6 Å². The molecule has 0 unspecified atom stereocenters. The van der Waals surface area contributed by atoms with Crippen LogP contribution in [0, 0.1) is 6.92 Å². The first-order valence-corrected chi connectivity index (χ1v) is 14.3. The van der Waals surface area contributed by atoms with Crippen LogP contribution in [-0.4, -0.2) is 52.0 Å². The third kappa shape index (κ3) is 6.44. The summed E-state index contributed by atoms with van der Waals surface area (Å²) < 4.78 is 54.2. The maximum atomic E-state index is 13.5. The normalized spacial score (nSPS) is 12.2. The summed E-state index contributed by atoms with van der Waals surface area (Å²) in [6.07, 6.45) is 0. The van der Waals surface area contributed by atoms with E-state index in [9.17, 15) is 21.6 Å². The van der Waals surface area contributed by atoms with Crippen molar-refractivity contribution < 1.29 is 21.6 Å². The Morgan fingerprint density at radius 3 is 2.19 bits per heavy atom. The van der Waals surface area contributed by atoms with E-state index in [1.165, 1.54) is 44.4 Å². The molecule has 0 aliphatic rings. The summed E-state index contributed by atoms with van der Waals surface area (Å²) in [5.74, 6) is -0.657. The molecule has 12 heteroatoms. The first-order valence-electron chi connectivity index (χ1n) is 10.6. The summed E-state index contributed by atoms with van der Waals surface area (Å²) in [4.78, 5) is 12.8. The Morgan fingerprint density at radius 1 is 0.889 bits per heavy atom. The third-order valence-electron chi connectivity index (χ3n) is 5.29. The Kier molecular flexibility index (Phi) is 8.81. The van der Waals surface area contributed by atoms with Crippen molar-refractivity contribution in [2.45, 2.75) is 23.3 Å². The Labute approximate surface area is 221 Å². The Balaban J connectivity index is 1.95. The lowest BCUT2D eigenvalue weighted by Gasteiger charge is -2.23. The third-order valence-corrected chi connectivity index (χ3v) is 9.61. The Bertz CT molecular complexity index is 1480. The molecular weight excluding hydrogens is 545 g/mol. The molecule has 8 nitrogen and oxygen atoms in total. The fourth-order valence-electron chi connectivity index (χ4n) is 3.28. The number of sulfonamides is 2. The first kappa shape index (κ1) is 28.1. The number of anilines is 1. The molecule has 0 radical (unpaired) electrons. The second kappa shape index (κ2) is 11.3. The number of nitrogens with one attached hydrogen (secondary N) is 1. The lowest BCUT2D eigenvalue weighted by molar-refractivity contribution is -0.116. The van der Waals surface area contributed by atoms with Gasteiger partial charge in [-0.2, -0.15) is 4.31 Å². The van der Waals surface area contributed by atoms with Crippen molar-refractivity contribution in [1.29, 1.82) is 0 Å². The quantitative estimate of drug-likeness (QED) is 0.411. The van der Waals surface area contributed by atoms with Gasteiger partial charge in [-0.05, 0) is 48.4 Å². The fourth-order valence-corrected chi connectivity index (χ4v) is 6.33. The van der Waals surface area contributed by atoms with Crippen molar-refractivity contribution in [1.82, 2.24) is 8.61 Å². The van der Waals surface area contributed by atoms with E-state index in [4.69, 9.17) is 23.2 Å². The second-order valence-corrected chi connectivity index (χ2v) is 13.0. The smallest absolute Gasteiger partial charge is 0.245 e. The van der Waals surface area contributed by atoms with Crippen molar-refractivity contribution in [3.8, 4) is 0 Å². The molecule has 3 aromatic carbocycles. The minimum absolute atomic E-state index is 0.00660. The molecule has 0 aliphatic carbocycles. The number of carbonyl (C=O) groups excluding carboxylic acids is 1. The predicted molar refractivity (Wildman–Crippen MR) is 141 cm³/mol. The Hall–Kier alpha value is -2.47. The molecule has 0 atom stereocenters. The van der Waals surface area contributed by atoms with Crippen molar-refractivity contribution >= 4 is 54.8 Å². The highest BCUT2D eigenvalue weighted by molar-refractivity contribution is 7.89. The van der Waals surface area contributed by atoms with Crippen molar-refractivity contribution in [3.05, 3.63) is 87.9 Å². The van der Waals surface area contributed by atoms with E-state index < -0.39 is 32.5 Å². The predicted octanol–water partition coefficient (Wildman–Crippen LogP) is 4.38. The highest BCUT2D eigenvalue weighted by atomic mass is 35.5. The molecule has 0 aliphatic heterocycles. The average Bonchev–Trinajstić information content (AvgIpc) is 2.82. The highest BCUT2D eigenvalue weighted by Gasteiger charge is 2.29. The number of nitrogens with zero attached hydrogens (tertiary/aromatic N) is 2. The molecule has 0 saturated carbocycles. The summed E-state index contributed by atoms with van der Waals surface area (Å²) in [6.45, 7) is 1.05. The zero-order valence-electron chi connectivity index (χ0n) is 19.8. The number of hydrogen-bond donors (Lipinski definition) is 1. The monoisotopic (exact) mass is 569 g/mol. The topological polar surface area (TPSA) is 104 Å². The minimum atomic E-state index is -4.24. The van der Waals surface area contributed by atoms with Crippen LogP contribution >= 0.6 is 23.2 Å². The molecule has 0 spiro atoms. The van der Waals surface area contributed by atoms with E-state index in [2.05, 4.69) is 5.32 Å². The number of hydrogen-bond acceptors (Lipinski definition) is 5. The zero-order valence-corrected chi connectivity index (χ0v) is 22.9. The van der Waals surface area contributed by atoms with E-state index >= 15 is 0 Å². The summed E-state index contributed by atoms with van der Waals surface area (Å²) in [7, 11) is -5.17. The molecule has 3 aromatic rings. The zero-order chi connectivity index (χ0) is 26.7. The summed E-state index contributed by atoms with van der Waals surface area (Å²) in [5.41, 5.74) is 1.51. The van der Waals surface area contributed by atoms with Gasteiger partial charge < -0.3 is 5.32 Å². The van der Waals surface area contributed by atoms with E-state index in [1.807, 2.05) is 0 Å². The Morgan fingerprint density at radius 2 is 1.56 bits per heavy atom. The van der Waals surface area contributed by atoms with Gasteiger partial charge in [-0.15, -0.1) is 0 Å². The summed E-state index contributed by atoms with van der Waals surface area (Å²) in [5, 5.41) is 2.79. The van der Waals surface area contributed by atoms with E-state index in [-0.39, 0.29) is 32.1 Å². The van der Waals surface area contributed by atoms with Gasteiger partial charge >= 0.3 is 0 Å². The first-order chi connectivity index (χ1) is 16.8. The molecular formula is C24H25Cl2N3O5S2. The molecule has 0 bridgehead atoms. The van der Waals surface area contributed by atoms with Gasteiger partial charge in [0.05, 0.1) is 16.5 Å². The van der Waals surface area contributed by atoms with Gasteiger partial charge in [-0.3, -0.25) is 4.79 Å². The van der Waals surface area contributed by atoms with Crippen LogP contribution in [-0.2, 0) is 31.4 Å². The van der Waals surface area contributed by atoms with E-state index in [0.717, 1.165) is 8.61 Å². The molecule has 0 saturated heterocycles. The largest absolute Gasteiger partial charge is 0.325 e. The maximum Gasteiger partial charge on any atom is 0.245 e. The molecule has 192 valence electrons. The molecule has 36 heavy (non-hydrogen) atoms. The molecule has 0 aromatic heterocycles. The molecule has 1 amide bonds. The molecule has 3 rings (SSSR count). The minimum Gasteiger partial charge on any atom is -0.325 e.